The number of rotatable bonds is 6. The lowest BCUT2D eigenvalue weighted by atomic mass is 9.95. The third-order valence-electron chi connectivity index (χ3n) is 5.08. The van der Waals surface area contributed by atoms with Crippen molar-refractivity contribution in [1.82, 2.24) is 4.72 Å². The zero-order valence-corrected chi connectivity index (χ0v) is 18.3. The molecule has 3 aromatic rings. The molecule has 0 aliphatic carbocycles. The highest BCUT2D eigenvalue weighted by Gasteiger charge is 2.27. The van der Waals surface area contributed by atoms with Gasteiger partial charge >= 0.3 is 0 Å². The SMILES string of the molecule is COc1cc(C)c(S(=O)(=O)N[C@H](c2ccccc2)c2ccc(C)cc2C)c(C)c1. The summed E-state index contributed by atoms with van der Waals surface area (Å²) in [6.07, 6.45) is 0. The molecule has 0 saturated carbocycles. The Morgan fingerprint density at radius 2 is 1.45 bits per heavy atom. The smallest absolute Gasteiger partial charge is 0.241 e. The van der Waals surface area contributed by atoms with Crippen molar-refractivity contribution in [3.05, 3.63) is 94.0 Å². The molecule has 5 heteroatoms. The Labute approximate surface area is 173 Å². The quantitative estimate of drug-likeness (QED) is 0.623. The summed E-state index contributed by atoms with van der Waals surface area (Å²) in [5, 5.41) is 0. The molecule has 0 spiro atoms. The van der Waals surface area contributed by atoms with Crippen LogP contribution < -0.4 is 9.46 Å². The summed E-state index contributed by atoms with van der Waals surface area (Å²) >= 11 is 0. The van der Waals surface area contributed by atoms with Crippen molar-refractivity contribution in [3.63, 3.8) is 0 Å². The summed E-state index contributed by atoms with van der Waals surface area (Å²) in [6.45, 7) is 7.62. The topological polar surface area (TPSA) is 55.4 Å². The van der Waals surface area contributed by atoms with E-state index in [4.69, 9.17) is 4.74 Å². The fourth-order valence-corrected chi connectivity index (χ4v) is 5.43. The fourth-order valence-electron chi connectivity index (χ4n) is 3.77. The predicted octanol–water partition coefficient (Wildman–Crippen LogP) is 5.00. The van der Waals surface area contributed by atoms with Crippen LogP contribution in [0.5, 0.6) is 5.75 Å². The first-order valence-electron chi connectivity index (χ1n) is 9.52. The van der Waals surface area contributed by atoms with Crippen LogP contribution in [0.3, 0.4) is 0 Å². The third-order valence-corrected chi connectivity index (χ3v) is 6.81. The first-order chi connectivity index (χ1) is 13.7. The zero-order chi connectivity index (χ0) is 21.2. The van der Waals surface area contributed by atoms with Crippen molar-refractivity contribution in [2.45, 2.75) is 38.6 Å². The van der Waals surface area contributed by atoms with E-state index in [2.05, 4.69) is 10.8 Å². The second-order valence-corrected chi connectivity index (χ2v) is 9.07. The molecule has 4 nitrogen and oxygen atoms in total. The molecule has 0 bridgehead atoms. The summed E-state index contributed by atoms with van der Waals surface area (Å²) in [5.41, 5.74) is 5.33. The highest BCUT2D eigenvalue weighted by Crippen LogP contribution is 2.31. The van der Waals surface area contributed by atoms with Crippen LogP contribution in [0.4, 0.5) is 0 Å². The van der Waals surface area contributed by atoms with Gasteiger partial charge in [0.25, 0.3) is 0 Å². The Morgan fingerprint density at radius 1 is 0.828 bits per heavy atom. The molecule has 0 aliphatic rings. The fraction of sp³-hybridized carbons (Fsp3) is 0.250. The maximum Gasteiger partial charge on any atom is 0.241 e. The summed E-state index contributed by atoms with van der Waals surface area (Å²) < 4.78 is 35.1. The molecule has 0 aromatic heterocycles. The lowest BCUT2D eigenvalue weighted by Crippen LogP contribution is -2.31. The van der Waals surface area contributed by atoms with E-state index in [-0.39, 0.29) is 0 Å². The van der Waals surface area contributed by atoms with E-state index in [1.807, 2.05) is 56.3 Å². The van der Waals surface area contributed by atoms with Crippen LogP contribution in [0.25, 0.3) is 0 Å². The van der Waals surface area contributed by atoms with Gasteiger partial charge in [0, 0.05) is 0 Å². The second kappa shape index (κ2) is 8.39. The molecule has 1 atom stereocenters. The summed E-state index contributed by atoms with van der Waals surface area (Å²) in [7, 11) is -2.20. The van der Waals surface area contributed by atoms with Gasteiger partial charge in [0.2, 0.25) is 10.0 Å². The average molecular weight is 410 g/mol. The Morgan fingerprint density at radius 3 is 2.00 bits per heavy atom. The van der Waals surface area contributed by atoms with Gasteiger partial charge in [-0.15, -0.1) is 0 Å². The maximum absolute atomic E-state index is 13.5. The first-order valence-corrected chi connectivity index (χ1v) is 11.0. The minimum Gasteiger partial charge on any atom is -0.497 e. The summed E-state index contributed by atoms with van der Waals surface area (Å²) in [6, 6.07) is 18.7. The van der Waals surface area contributed by atoms with E-state index in [0.717, 1.165) is 22.3 Å². The van der Waals surface area contributed by atoms with Gasteiger partial charge in [0.05, 0.1) is 18.0 Å². The molecule has 0 fully saturated rings. The molecular formula is C24H27NO3S. The van der Waals surface area contributed by atoms with Crippen molar-refractivity contribution in [2.75, 3.05) is 7.11 Å². The van der Waals surface area contributed by atoms with Gasteiger partial charge in [-0.05, 0) is 67.6 Å². The standard InChI is InChI=1S/C24H27NO3S/c1-16-11-12-22(17(2)13-16)23(20-9-7-6-8-10-20)25-29(26,27)24-18(3)14-21(28-5)15-19(24)4/h6-15,23,25H,1-5H3/t23-/m1/s1. The molecule has 29 heavy (non-hydrogen) atoms. The molecule has 1 N–H and O–H groups in total. The zero-order valence-electron chi connectivity index (χ0n) is 17.5. The Bertz CT molecular complexity index is 1100. The van der Waals surface area contributed by atoms with Crippen molar-refractivity contribution < 1.29 is 13.2 Å². The van der Waals surface area contributed by atoms with Crippen molar-refractivity contribution in [3.8, 4) is 5.75 Å². The van der Waals surface area contributed by atoms with Gasteiger partial charge in [-0.2, -0.15) is 4.72 Å². The normalized spacial score (nSPS) is 12.6. The van der Waals surface area contributed by atoms with E-state index in [0.29, 0.717) is 21.8 Å². The molecule has 0 unspecified atom stereocenters. The number of methoxy groups -OCH3 is 1. The Kier molecular flexibility index (Phi) is 6.10. The molecule has 0 saturated heterocycles. The van der Waals surface area contributed by atoms with Gasteiger partial charge in [-0.1, -0.05) is 54.1 Å². The molecule has 0 amide bonds. The van der Waals surface area contributed by atoms with Crippen molar-refractivity contribution >= 4 is 10.0 Å². The van der Waals surface area contributed by atoms with E-state index in [1.165, 1.54) is 0 Å². The van der Waals surface area contributed by atoms with Crippen LogP contribution in [0.1, 0.15) is 39.4 Å². The van der Waals surface area contributed by atoms with Crippen LogP contribution in [0.15, 0.2) is 65.6 Å². The number of nitrogens with one attached hydrogen (secondary N) is 1. The molecule has 0 radical (unpaired) electrons. The lowest BCUT2D eigenvalue weighted by molar-refractivity contribution is 0.413. The van der Waals surface area contributed by atoms with Gasteiger partial charge < -0.3 is 4.74 Å². The first kappa shape index (κ1) is 21.1. The monoisotopic (exact) mass is 409 g/mol. The van der Waals surface area contributed by atoms with Crippen LogP contribution >= 0.6 is 0 Å². The van der Waals surface area contributed by atoms with Gasteiger partial charge in [0.15, 0.2) is 0 Å². The Hall–Kier alpha value is -2.63. The van der Waals surface area contributed by atoms with Crippen LogP contribution in [0.2, 0.25) is 0 Å². The molecule has 0 aliphatic heterocycles. The van der Waals surface area contributed by atoms with Crippen molar-refractivity contribution in [1.29, 1.82) is 0 Å². The highest BCUT2D eigenvalue weighted by atomic mass is 32.2. The minimum atomic E-state index is -3.77. The number of aryl methyl sites for hydroxylation is 4. The predicted molar refractivity (Wildman–Crippen MR) is 117 cm³/mol. The molecule has 0 heterocycles. The van der Waals surface area contributed by atoms with Crippen LogP contribution in [-0.4, -0.2) is 15.5 Å². The number of hydrogen-bond donors (Lipinski definition) is 1. The number of sulfonamides is 1. The van der Waals surface area contributed by atoms with E-state index < -0.39 is 16.1 Å². The maximum atomic E-state index is 13.5. The lowest BCUT2D eigenvalue weighted by Gasteiger charge is -2.23. The summed E-state index contributed by atoms with van der Waals surface area (Å²) in [4.78, 5) is 0.295. The van der Waals surface area contributed by atoms with Gasteiger partial charge in [0.1, 0.15) is 5.75 Å². The Balaban J connectivity index is 2.11. The second-order valence-electron chi connectivity index (χ2n) is 7.42. The molecular weight excluding hydrogens is 382 g/mol. The van der Waals surface area contributed by atoms with E-state index >= 15 is 0 Å². The number of hydrogen-bond acceptors (Lipinski definition) is 3. The third kappa shape index (κ3) is 4.52. The summed E-state index contributed by atoms with van der Waals surface area (Å²) in [5.74, 6) is 0.646. The van der Waals surface area contributed by atoms with Crippen molar-refractivity contribution in [2.24, 2.45) is 0 Å². The van der Waals surface area contributed by atoms with Crippen LogP contribution in [-0.2, 0) is 10.0 Å². The minimum absolute atomic E-state index is 0.295. The molecule has 3 aromatic carbocycles. The van der Waals surface area contributed by atoms with E-state index in [1.54, 1.807) is 33.1 Å². The van der Waals surface area contributed by atoms with Gasteiger partial charge in [-0.25, -0.2) is 8.42 Å². The number of benzene rings is 3. The largest absolute Gasteiger partial charge is 0.497 e. The highest BCUT2D eigenvalue weighted by molar-refractivity contribution is 7.89. The molecule has 152 valence electrons. The molecule has 3 rings (SSSR count). The van der Waals surface area contributed by atoms with E-state index in [9.17, 15) is 8.42 Å². The average Bonchev–Trinajstić information content (AvgIpc) is 2.66. The van der Waals surface area contributed by atoms with Crippen LogP contribution in [0, 0.1) is 27.7 Å². The number of ether oxygens (including phenoxy) is 1. The van der Waals surface area contributed by atoms with Gasteiger partial charge in [-0.3, -0.25) is 0 Å².